The van der Waals surface area contributed by atoms with Crippen LogP contribution in [0.3, 0.4) is 0 Å². The van der Waals surface area contributed by atoms with Crippen molar-refractivity contribution in [2.24, 2.45) is 0 Å². The lowest BCUT2D eigenvalue weighted by Crippen LogP contribution is -2.33. The van der Waals surface area contributed by atoms with Crippen molar-refractivity contribution in [3.8, 4) is 45.1 Å². The number of anilines is 1. The molecule has 2 aromatic heterocycles. The maximum Gasteiger partial charge on any atom is 0.339 e. The molecule has 0 radical (unpaired) electrons. The van der Waals surface area contributed by atoms with E-state index in [0.717, 1.165) is 28.1 Å². The molecule has 0 N–H and O–H groups in total. The quantitative estimate of drug-likeness (QED) is 0.100. The summed E-state index contributed by atoms with van der Waals surface area (Å²) in [5, 5.41) is 5.57. The molecule has 0 saturated carbocycles. The first-order valence-corrected chi connectivity index (χ1v) is 16.8. The number of fused-ring (bicyclic) bond motifs is 2. The van der Waals surface area contributed by atoms with Gasteiger partial charge in [0.2, 0.25) is 0 Å². The maximum atomic E-state index is 13.5. The Morgan fingerprint density at radius 3 is 2.50 bits per heavy atom. The Kier molecular flexibility index (Phi) is 10.00. The molecule has 9 nitrogen and oxygen atoms in total. The minimum absolute atomic E-state index is 0.423. The molecule has 10 heteroatoms. The Morgan fingerprint density at radius 1 is 1.04 bits per heavy atom. The van der Waals surface area contributed by atoms with E-state index in [1.54, 1.807) is 10.6 Å². The third-order valence-electron chi connectivity index (χ3n) is 8.29. The summed E-state index contributed by atoms with van der Waals surface area (Å²) in [4.78, 5) is 20.6. The highest BCUT2D eigenvalue weighted by atomic mass is 35.5. The smallest absolute Gasteiger partial charge is 0.339 e. The largest absolute Gasteiger partial charge is 0.490 e. The number of carbonyl (C=O) groups excluding carboxylic acids is 1. The van der Waals surface area contributed by atoms with Gasteiger partial charge in [-0.05, 0) is 69.2 Å². The van der Waals surface area contributed by atoms with Crippen LogP contribution in [0, 0.1) is 6.92 Å². The summed E-state index contributed by atoms with van der Waals surface area (Å²) < 4.78 is 25.2. The minimum Gasteiger partial charge on any atom is -0.490 e. The number of methoxy groups -OCH3 is 1. The number of benzene rings is 3. The van der Waals surface area contributed by atoms with Gasteiger partial charge in [-0.1, -0.05) is 60.7 Å². The first-order chi connectivity index (χ1) is 24.0. The molecule has 0 fully saturated rings. The van der Waals surface area contributed by atoms with Gasteiger partial charge in [-0.2, -0.15) is 5.10 Å². The molecule has 0 spiro atoms. The van der Waals surface area contributed by atoms with Crippen LogP contribution in [-0.4, -0.2) is 59.6 Å². The molecular formula is C40H41ClN4O5. The molecule has 0 saturated heterocycles. The summed E-state index contributed by atoms with van der Waals surface area (Å²) in [5.74, 6) is 0.868. The molecule has 1 aliphatic rings. The molecule has 3 heterocycles. The van der Waals surface area contributed by atoms with Crippen LogP contribution in [0.15, 0.2) is 92.0 Å². The van der Waals surface area contributed by atoms with E-state index >= 15 is 0 Å². The van der Waals surface area contributed by atoms with Crippen molar-refractivity contribution in [1.29, 1.82) is 0 Å². The molecule has 1 atom stereocenters. The zero-order valence-electron chi connectivity index (χ0n) is 29.0. The summed E-state index contributed by atoms with van der Waals surface area (Å²) in [6.45, 7) is 17.4. The molecule has 50 heavy (non-hydrogen) atoms. The summed E-state index contributed by atoms with van der Waals surface area (Å²) in [5.41, 5.74) is 6.49. The molecule has 0 amide bonds. The summed E-state index contributed by atoms with van der Waals surface area (Å²) in [6.07, 6.45) is 2.43. The highest BCUT2D eigenvalue weighted by molar-refractivity contribution is 6.36. The van der Waals surface area contributed by atoms with Crippen LogP contribution in [0.25, 0.3) is 39.3 Å². The normalized spacial score (nSPS) is 13.4. The number of halogens is 1. The molecular weight excluding hydrogens is 652 g/mol. The van der Waals surface area contributed by atoms with E-state index in [9.17, 15) is 4.79 Å². The molecule has 3 aromatic carbocycles. The number of aromatic nitrogens is 3. The van der Waals surface area contributed by atoms with Crippen LogP contribution < -0.4 is 14.4 Å². The third kappa shape index (κ3) is 6.97. The SMILES string of the molecule is C=CCOc1cccc(-c2cccc(-c3cc4nc(C)c(C(OC(C)(C)C)C(=O)OC)c(-c5ccc6c(c5Cl)N(CC=C)CCO6)n4n3)c2)c1. The fourth-order valence-electron chi connectivity index (χ4n) is 6.17. The molecule has 0 aliphatic carbocycles. The Bertz CT molecular complexity index is 2080. The fourth-order valence-corrected chi connectivity index (χ4v) is 6.53. The first-order valence-electron chi connectivity index (χ1n) is 16.4. The van der Waals surface area contributed by atoms with Crippen molar-refractivity contribution >= 4 is 28.9 Å². The molecule has 5 aromatic rings. The van der Waals surface area contributed by atoms with Crippen LogP contribution in [0.4, 0.5) is 5.69 Å². The van der Waals surface area contributed by atoms with Crippen molar-refractivity contribution < 1.29 is 23.7 Å². The number of hydrogen-bond donors (Lipinski definition) is 0. The van der Waals surface area contributed by atoms with Crippen LogP contribution in [0.2, 0.25) is 5.02 Å². The molecule has 6 rings (SSSR count). The second-order valence-electron chi connectivity index (χ2n) is 13.0. The van der Waals surface area contributed by atoms with Gasteiger partial charge in [0.15, 0.2) is 11.8 Å². The van der Waals surface area contributed by atoms with E-state index in [1.807, 2.05) is 94.4 Å². The van der Waals surface area contributed by atoms with Gasteiger partial charge in [0.25, 0.3) is 0 Å². The van der Waals surface area contributed by atoms with Crippen molar-refractivity contribution in [2.75, 3.05) is 38.3 Å². The van der Waals surface area contributed by atoms with Crippen molar-refractivity contribution in [2.45, 2.75) is 39.4 Å². The lowest BCUT2D eigenvalue weighted by atomic mass is 9.97. The lowest BCUT2D eigenvalue weighted by Gasteiger charge is -2.32. The van der Waals surface area contributed by atoms with Gasteiger partial charge in [-0.25, -0.2) is 14.3 Å². The standard InChI is InChI=1S/C40H41ClN4O5/c1-8-18-44-19-21-49-32-17-16-30(35(41)37(32)44)36-34(38(39(46)47-7)50-40(4,5)6)25(3)42-33-24-31(43-45(33)36)28-14-10-12-26(22-28)27-13-11-15-29(23-27)48-20-9-2/h8-17,22-24,38H,1-2,18-21H2,3-7H3. The molecule has 0 bridgehead atoms. The Morgan fingerprint density at radius 2 is 1.78 bits per heavy atom. The summed E-state index contributed by atoms with van der Waals surface area (Å²) in [6, 6.07) is 21.8. The van der Waals surface area contributed by atoms with Crippen molar-refractivity contribution in [3.63, 3.8) is 0 Å². The number of carbonyl (C=O) groups is 1. The predicted molar refractivity (Wildman–Crippen MR) is 198 cm³/mol. The Hall–Kier alpha value is -5.12. The number of aryl methyl sites for hydroxylation is 1. The van der Waals surface area contributed by atoms with Crippen LogP contribution in [0.1, 0.15) is 38.1 Å². The van der Waals surface area contributed by atoms with E-state index in [0.29, 0.717) is 70.9 Å². The van der Waals surface area contributed by atoms with Gasteiger partial charge in [0.1, 0.15) is 24.7 Å². The topological polar surface area (TPSA) is 87.4 Å². The van der Waals surface area contributed by atoms with Gasteiger partial charge in [-0.15, -0.1) is 6.58 Å². The van der Waals surface area contributed by atoms with E-state index in [2.05, 4.69) is 24.1 Å². The van der Waals surface area contributed by atoms with Crippen LogP contribution in [-0.2, 0) is 14.3 Å². The Balaban J connectivity index is 1.58. The van der Waals surface area contributed by atoms with Gasteiger partial charge in [-0.3, -0.25) is 0 Å². The van der Waals surface area contributed by atoms with E-state index < -0.39 is 17.7 Å². The molecule has 258 valence electrons. The van der Waals surface area contributed by atoms with Crippen LogP contribution in [0.5, 0.6) is 11.5 Å². The molecule has 1 aliphatic heterocycles. The minimum atomic E-state index is -1.12. The van der Waals surface area contributed by atoms with Gasteiger partial charge in [0, 0.05) is 35.0 Å². The predicted octanol–water partition coefficient (Wildman–Crippen LogP) is 8.67. The maximum absolute atomic E-state index is 13.5. The van der Waals surface area contributed by atoms with E-state index in [-0.39, 0.29) is 0 Å². The highest BCUT2D eigenvalue weighted by Gasteiger charge is 2.35. The second kappa shape index (κ2) is 14.4. The number of rotatable bonds is 11. The summed E-state index contributed by atoms with van der Waals surface area (Å²) >= 11 is 7.33. The second-order valence-corrected chi connectivity index (χ2v) is 13.3. The van der Waals surface area contributed by atoms with Gasteiger partial charge >= 0.3 is 5.97 Å². The van der Waals surface area contributed by atoms with E-state index in [1.165, 1.54) is 7.11 Å². The first kappa shape index (κ1) is 34.7. The van der Waals surface area contributed by atoms with Crippen molar-refractivity contribution in [1.82, 2.24) is 14.6 Å². The zero-order chi connectivity index (χ0) is 35.6. The summed E-state index contributed by atoms with van der Waals surface area (Å²) in [7, 11) is 1.35. The molecule has 1 unspecified atom stereocenters. The monoisotopic (exact) mass is 692 g/mol. The number of ether oxygens (including phenoxy) is 4. The number of nitrogens with zero attached hydrogens (tertiary/aromatic N) is 4. The van der Waals surface area contributed by atoms with E-state index in [4.69, 9.17) is 40.6 Å². The van der Waals surface area contributed by atoms with Gasteiger partial charge in [0.05, 0.1) is 41.4 Å². The fraction of sp³-hybridized carbons (Fsp3) is 0.275. The van der Waals surface area contributed by atoms with Crippen molar-refractivity contribution in [3.05, 3.63) is 108 Å². The highest BCUT2D eigenvalue weighted by Crippen LogP contribution is 2.46. The van der Waals surface area contributed by atoms with Gasteiger partial charge < -0.3 is 23.8 Å². The average Bonchev–Trinajstić information content (AvgIpc) is 3.53. The zero-order valence-corrected chi connectivity index (χ0v) is 29.8. The van der Waals surface area contributed by atoms with Crippen LogP contribution >= 0.6 is 11.6 Å². The number of hydrogen-bond acceptors (Lipinski definition) is 8. The third-order valence-corrected chi connectivity index (χ3v) is 8.67. The lowest BCUT2D eigenvalue weighted by molar-refractivity contribution is -0.164. The number of esters is 1. The Labute approximate surface area is 297 Å². The average molecular weight is 693 g/mol.